The molecule has 1 aliphatic heterocycles. The molecule has 0 spiro atoms. The average molecular weight is 418 g/mol. The summed E-state index contributed by atoms with van der Waals surface area (Å²) < 4.78 is 33.6. The Morgan fingerprint density at radius 1 is 1.50 bits per heavy atom. The van der Waals surface area contributed by atoms with Crippen LogP contribution >= 0.6 is 23.6 Å². The molecule has 0 aliphatic carbocycles. The van der Waals surface area contributed by atoms with Crippen molar-refractivity contribution in [2.75, 3.05) is 31.8 Å². The van der Waals surface area contributed by atoms with E-state index in [0.717, 1.165) is 28.7 Å². The van der Waals surface area contributed by atoms with Gasteiger partial charge in [-0.3, -0.25) is 4.57 Å². The van der Waals surface area contributed by atoms with Crippen molar-refractivity contribution >= 4 is 33.4 Å². The van der Waals surface area contributed by atoms with E-state index in [1.807, 2.05) is 26.8 Å². The summed E-state index contributed by atoms with van der Waals surface area (Å²) >= 11 is 7.28. The van der Waals surface area contributed by atoms with Crippen LogP contribution in [-0.4, -0.2) is 60.6 Å². The first-order valence-corrected chi connectivity index (χ1v) is 11.8. The standard InChI is InChI=1S/C16H24N4O3S3/c1-3-19-15(14-5-4-9-25-14)17-20(16(19)24)12-18(7-8-23-2)13-6-10-26(21,22)11-13/h4-5,9,13H,3,6-8,10-12H2,1-2H3/p+1/t13-/m1/s1. The highest BCUT2D eigenvalue weighted by atomic mass is 32.2. The molecule has 1 aliphatic rings. The first-order valence-electron chi connectivity index (χ1n) is 8.70. The molecule has 1 saturated heterocycles. The number of nitrogens with zero attached hydrogens (tertiary/aromatic N) is 3. The van der Waals surface area contributed by atoms with E-state index in [9.17, 15) is 8.42 Å². The zero-order chi connectivity index (χ0) is 18.7. The number of aromatic nitrogens is 3. The normalized spacial score (nSPS) is 20.5. The maximum Gasteiger partial charge on any atom is 0.203 e. The van der Waals surface area contributed by atoms with Crippen LogP contribution in [0.4, 0.5) is 0 Å². The maximum absolute atomic E-state index is 11.9. The monoisotopic (exact) mass is 417 g/mol. The minimum Gasteiger partial charge on any atom is -0.379 e. The Balaban J connectivity index is 1.88. The van der Waals surface area contributed by atoms with Crippen molar-refractivity contribution in [1.82, 2.24) is 14.3 Å². The van der Waals surface area contributed by atoms with E-state index in [1.54, 1.807) is 18.4 Å². The van der Waals surface area contributed by atoms with Gasteiger partial charge in [-0.25, -0.2) is 8.42 Å². The Morgan fingerprint density at radius 3 is 2.88 bits per heavy atom. The number of ether oxygens (including phenoxy) is 1. The maximum atomic E-state index is 11.9. The summed E-state index contributed by atoms with van der Waals surface area (Å²) in [5.74, 6) is 1.37. The molecule has 26 heavy (non-hydrogen) atoms. The van der Waals surface area contributed by atoms with Gasteiger partial charge in [-0.05, 0) is 30.6 Å². The van der Waals surface area contributed by atoms with Crippen LogP contribution in [0, 0.1) is 4.77 Å². The molecule has 3 heterocycles. The SMILES string of the molecule is CCn1c(-c2cccs2)nn(C[NH+](CCOC)[C@@H]2CCS(=O)(=O)C2)c1=S. The van der Waals surface area contributed by atoms with E-state index in [0.29, 0.717) is 24.5 Å². The van der Waals surface area contributed by atoms with Crippen LogP contribution in [0.1, 0.15) is 13.3 Å². The third-order valence-corrected chi connectivity index (χ3v) is 7.84. The Labute approximate surface area is 163 Å². The number of sulfone groups is 1. The van der Waals surface area contributed by atoms with Crippen molar-refractivity contribution in [3.05, 3.63) is 22.3 Å². The third-order valence-electron chi connectivity index (χ3n) is 4.77. The largest absolute Gasteiger partial charge is 0.379 e. The lowest BCUT2D eigenvalue weighted by Gasteiger charge is -2.24. The van der Waals surface area contributed by atoms with Gasteiger partial charge in [-0.15, -0.1) is 16.4 Å². The van der Waals surface area contributed by atoms with Crippen molar-refractivity contribution in [2.24, 2.45) is 0 Å². The van der Waals surface area contributed by atoms with Crippen LogP contribution in [0.25, 0.3) is 10.7 Å². The molecule has 2 aromatic rings. The summed E-state index contributed by atoms with van der Waals surface area (Å²) in [6.07, 6.45) is 0.682. The Bertz CT molecular complexity index is 886. The van der Waals surface area contributed by atoms with E-state index in [4.69, 9.17) is 22.1 Å². The first-order chi connectivity index (χ1) is 12.4. The fourth-order valence-corrected chi connectivity index (χ4v) is 6.24. The quantitative estimate of drug-likeness (QED) is 0.645. The number of rotatable bonds is 8. The Morgan fingerprint density at radius 2 is 2.31 bits per heavy atom. The minimum absolute atomic E-state index is 0.0639. The lowest BCUT2D eigenvalue weighted by Crippen LogP contribution is -3.16. The average Bonchev–Trinajstić information content (AvgIpc) is 3.31. The molecular weight excluding hydrogens is 392 g/mol. The predicted molar refractivity (Wildman–Crippen MR) is 105 cm³/mol. The second-order valence-corrected chi connectivity index (χ2v) is 10.0. The summed E-state index contributed by atoms with van der Waals surface area (Å²) in [5, 5.41) is 6.78. The molecule has 0 radical (unpaired) electrons. The molecule has 0 aromatic carbocycles. The summed E-state index contributed by atoms with van der Waals surface area (Å²) in [6, 6.07) is 4.10. The number of thiophene rings is 1. The second kappa shape index (κ2) is 8.30. The van der Waals surface area contributed by atoms with Crippen LogP contribution in [0.15, 0.2) is 17.5 Å². The predicted octanol–water partition coefficient (Wildman–Crippen LogP) is 0.838. The van der Waals surface area contributed by atoms with Crippen molar-refractivity contribution < 1.29 is 18.1 Å². The highest BCUT2D eigenvalue weighted by molar-refractivity contribution is 7.91. The highest BCUT2D eigenvalue weighted by Gasteiger charge is 2.35. The fourth-order valence-electron chi connectivity index (χ4n) is 3.37. The van der Waals surface area contributed by atoms with E-state index in [2.05, 4.69) is 6.92 Å². The van der Waals surface area contributed by atoms with Gasteiger partial charge in [0.25, 0.3) is 0 Å². The van der Waals surface area contributed by atoms with Gasteiger partial charge in [0.1, 0.15) is 18.3 Å². The number of hydrogen-bond donors (Lipinski definition) is 1. The molecule has 10 heteroatoms. The lowest BCUT2D eigenvalue weighted by molar-refractivity contribution is -0.945. The van der Waals surface area contributed by atoms with Gasteiger partial charge >= 0.3 is 0 Å². The molecule has 0 amide bonds. The summed E-state index contributed by atoms with van der Waals surface area (Å²) in [5.41, 5.74) is 0. The van der Waals surface area contributed by atoms with Gasteiger partial charge < -0.3 is 9.64 Å². The summed E-state index contributed by atoms with van der Waals surface area (Å²) in [4.78, 5) is 2.24. The van der Waals surface area contributed by atoms with Gasteiger partial charge in [0, 0.05) is 20.1 Å². The molecule has 2 atom stereocenters. The van der Waals surface area contributed by atoms with Crippen LogP contribution in [0.3, 0.4) is 0 Å². The van der Waals surface area contributed by atoms with E-state index in [1.165, 1.54) is 0 Å². The second-order valence-electron chi connectivity index (χ2n) is 6.49. The molecule has 1 N–H and O–H groups in total. The van der Waals surface area contributed by atoms with Crippen LogP contribution in [0.5, 0.6) is 0 Å². The molecule has 3 rings (SSSR count). The number of quaternary nitrogens is 1. The fraction of sp³-hybridized carbons (Fsp3) is 0.625. The highest BCUT2D eigenvalue weighted by Crippen LogP contribution is 2.23. The summed E-state index contributed by atoms with van der Waals surface area (Å²) in [7, 11) is -1.27. The Hall–Kier alpha value is -1.07. The Kier molecular flexibility index (Phi) is 6.29. The smallest absolute Gasteiger partial charge is 0.203 e. The first kappa shape index (κ1) is 19.7. The van der Waals surface area contributed by atoms with Crippen LogP contribution in [0.2, 0.25) is 0 Å². The number of nitrogens with one attached hydrogen (secondary N) is 1. The van der Waals surface area contributed by atoms with Crippen LogP contribution in [-0.2, 0) is 27.8 Å². The van der Waals surface area contributed by atoms with Crippen molar-refractivity contribution in [3.8, 4) is 10.7 Å². The number of methoxy groups -OCH3 is 1. The van der Waals surface area contributed by atoms with Gasteiger partial charge in [0.15, 0.2) is 22.3 Å². The van der Waals surface area contributed by atoms with Crippen molar-refractivity contribution in [3.63, 3.8) is 0 Å². The molecular formula is C16H25N4O3S3+. The van der Waals surface area contributed by atoms with Gasteiger partial charge in [-0.2, -0.15) is 4.68 Å². The van der Waals surface area contributed by atoms with E-state index < -0.39 is 9.84 Å². The van der Waals surface area contributed by atoms with Crippen LogP contribution < -0.4 is 4.90 Å². The molecule has 1 fully saturated rings. The molecule has 0 bridgehead atoms. The van der Waals surface area contributed by atoms with Crippen molar-refractivity contribution in [1.29, 1.82) is 0 Å². The minimum atomic E-state index is -2.93. The molecule has 2 aromatic heterocycles. The zero-order valence-corrected chi connectivity index (χ0v) is 17.5. The van der Waals surface area contributed by atoms with Gasteiger partial charge in [0.05, 0.1) is 17.2 Å². The number of hydrogen-bond acceptors (Lipinski definition) is 6. The van der Waals surface area contributed by atoms with Gasteiger partial charge in [0.2, 0.25) is 4.77 Å². The zero-order valence-electron chi connectivity index (χ0n) is 15.1. The summed E-state index contributed by atoms with van der Waals surface area (Å²) in [6.45, 7) is 4.65. The molecule has 1 unspecified atom stereocenters. The molecule has 7 nitrogen and oxygen atoms in total. The van der Waals surface area contributed by atoms with E-state index >= 15 is 0 Å². The van der Waals surface area contributed by atoms with Crippen molar-refractivity contribution in [2.45, 2.75) is 32.6 Å². The lowest BCUT2D eigenvalue weighted by atomic mass is 10.2. The molecule has 144 valence electrons. The third kappa shape index (κ3) is 4.25. The molecule has 0 saturated carbocycles. The van der Waals surface area contributed by atoms with E-state index in [-0.39, 0.29) is 17.5 Å². The van der Waals surface area contributed by atoms with Gasteiger partial charge in [-0.1, -0.05) is 6.07 Å². The topological polar surface area (TPSA) is 70.6 Å².